The molecule has 2 aromatic rings. The second-order valence-corrected chi connectivity index (χ2v) is 8.30. The number of ether oxygens (including phenoxy) is 1. The van der Waals surface area contributed by atoms with Gasteiger partial charge >= 0.3 is 6.09 Å². The summed E-state index contributed by atoms with van der Waals surface area (Å²) in [5.74, 6) is -0.244. The fourth-order valence-electron chi connectivity index (χ4n) is 2.17. The van der Waals surface area contributed by atoms with E-state index in [-0.39, 0.29) is 12.5 Å². The summed E-state index contributed by atoms with van der Waals surface area (Å²) in [5, 5.41) is 3.25. The van der Waals surface area contributed by atoms with Gasteiger partial charge in [-0.1, -0.05) is 41.5 Å². The molecular formula is C14H13Cl2N3O3S2. The van der Waals surface area contributed by atoms with E-state index in [4.69, 9.17) is 27.9 Å². The standard InChI is InChI=1S/C14H13Cl2N3O3S2/c1-2-8-11(16)24-13(18-8)19-6-7(22-14(19)21)5-17-12(20)9-3-4-10(15)23-9/h3-4,7H,2,5-6H2,1H3,(H,17,20)/t7-/m0/s1. The van der Waals surface area contributed by atoms with Crippen molar-refractivity contribution in [2.24, 2.45) is 0 Å². The molecule has 1 atom stereocenters. The molecule has 0 bridgehead atoms. The Bertz CT molecular complexity index is 777. The molecule has 24 heavy (non-hydrogen) atoms. The molecular weight excluding hydrogens is 393 g/mol. The van der Waals surface area contributed by atoms with E-state index < -0.39 is 12.2 Å². The van der Waals surface area contributed by atoms with E-state index in [0.29, 0.717) is 31.6 Å². The predicted octanol–water partition coefficient (Wildman–Crippen LogP) is 3.83. The molecule has 3 heterocycles. The van der Waals surface area contributed by atoms with E-state index in [1.54, 1.807) is 12.1 Å². The number of nitrogens with zero attached hydrogens (tertiary/aromatic N) is 2. The average Bonchev–Trinajstić information content (AvgIpc) is 3.23. The molecule has 0 aliphatic carbocycles. The van der Waals surface area contributed by atoms with E-state index in [1.807, 2.05) is 6.92 Å². The molecule has 128 valence electrons. The molecule has 1 aliphatic heterocycles. The Kier molecular flexibility index (Phi) is 5.29. The number of amides is 2. The maximum Gasteiger partial charge on any atom is 0.416 e. The lowest BCUT2D eigenvalue weighted by molar-refractivity contribution is 0.0920. The molecule has 0 radical (unpaired) electrons. The van der Waals surface area contributed by atoms with Gasteiger partial charge in [0.25, 0.3) is 5.91 Å². The highest BCUT2D eigenvalue weighted by Gasteiger charge is 2.34. The van der Waals surface area contributed by atoms with Crippen LogP contribution >= 0.6 is 45.9 Å². The molecule has 3 rings (SSSR count). The summed E-state index contributed by atoms with van der Waals surface area (Å²) >= 11 is 14.3. The molecule has 2 amide bonds. The molecule has 2 aromatic heterocycles. The molecule has 0 spiro atoms. The molecule has 10 heteroatoms. The molecule has 1 aliphatic rings. The van der Waals surface area contributed by atoms with Gasteiger partial charge < -0.3 is 10.1 Å². The zero-order chi connectivity index (χ0) is 17.3. The van der Waals surface area contributed by atoms with Gasteiger partial charge in [0.15, 0.2) is 5.13 Å². The van der Waals surface area contributed by atoms with Crippen LogP contribution in [0.4, 0.5) is 9.93 Å². The Morgan fingerprint density at radius 3 is 2.88 bits per heavy atom. The fourth-order valence-corrected chi connectivity index (χ4v) is 4.39. The van der Waals surface area contributed by atoms with E-state index in [2.05, 4.69) is 10.3 Å². The third-order valence-corrected chi connectivity index (χ3v) is 5.95. The van der Waals surface area contributed by atoms with E-state index in [0.717, 1.165) is 5.69 Å². The lowest BCUT2D eigenvalue weighted by Crippen LogP contribution is -2.34. The van der Waals surface area contributed by atoms with Crippen molar-refractivity contribution in [3.8, 4) is 0 Å². The number of aryl methyl sites for hydroxylation is 1. The predicted molar refractivity (Wildman–Crippen MR) is 95.8 cm³/mol. The average molecular weight is 406 g/mol. The summed E-state index contributed by atoms with van der Waals surface area (Å²) in [6, 6.07) is 3.31. The van der Waals surface area contributed by atoms with Crippen molar-refractivity contribution in [3.63, 3.8) is 0 Å². The number of carbonyl (C=O) groups excluding carboxylic acids is 2. The van der Waals surface area contributed by atoms with Gasteiger partial charge in [-0.2, -0.15) is 0 Å². The minimum absolute atomic E-state index is 0.219. The van der Waals surface area contributed by atoms with Crippen molar-refractivity contribution in [1.29, 1.82) is 0 Å². The van der Waals surface area contributed by atoms with Gasteiger partial charge in [0, 0.05) is 0 Å². The van der Waals surface area contributed by atoms with E-state index in [9.17, 15) is 9.59 Å². The largest absolute Gasteiger partial charge is 0.442 e. The monoisotopic (exact) mass is 405 g/mol. The zero-order valence-corrected chi connectivity index (χ0v) is 15.7. The van der Waals surface area contributed by atoms with E-state index >= 15 is 0 Å². The van der Waals surface area contributed by atoms with Gasteiger partial charge in [-0.3, -0.25) is 4.79 Å². The number of hydrogen-bond acceptors (Lipinski definition) is 6. The van der Waals surface area contributed by atoms with Crippen LogP contribution in [0, 0.1) is 0 Å². The van der Waals surface area contributed by atoms with Crippen LogP contribution in [0.5, 0.6) is 0 Å². The second kappa shape index (κ2) is 7.26. The summed E-state index contributed by atoms with van der Waals surface area (Å²) in [5.41, 5.74) is 0.760. The first kappa shape index (κ1) is 17.5. The first-order valence-electron chi connectivity index (χ1n) is 7.14. The van der Waals surface area contributed by atoms with Crippen LogP contribution in [-0.4, -0.2) is 36.2 Å². The number of thiophene rings is 1. The van der Waals surface area contributed by atoms with E-state index in [1.165, 1.54) is 27.6 Å². The van der Waals surface area contributed by atoms with Crippen molar-refractivity contribution in [2.75, 3.05) is 18.0 Å². The Balaban J connectivity index is 1.59. The maximum atomic E-state index is 12.0. The van der Waals surface area contributed by atoms with Gasteiger partial charge in [-0.05, 0) is 18.6 Å². The van der Waals surface area contributed by atoms with Gasteiger partial charge in [-0.15, -0.1) is 11.3 Å². The number of halogens is 2. The summed E-state index contributed by atoms with van der Waals surface area (Å²) in [6.45, 7) is 2.48. The van der Waals surface area contributed by atoms with Gasteiger partial charge in [0.2, 0.25) is 0 Å². The Hall–Kier alpha value is -1.35. The number of thiazole rings is 1. The van der Waals surface area contributed by atoms with Gasteiger partial charge in [0.05, 0.1) is 28.0 Å². The number of hydrogen-bond donors (Lipinski definition) is 1. The quantitative estimate of drug-likeness (QED) is 0.819. The maximum absolute atomic E-state index is 12.0. The normalized spacial score (nSPS) is 17.2. The lowest BCUT2D eigenvalue weighted by atomic mass is 10.3. The van der Waals surface area contributed by atoms with Crippen LogP contribution in [0.25, 0.3) is 0 Å². The molecule has 1 saturated heterocycles. The van der Waals surface area contributed by atoms with Crippen LogP contribution < -0.4 is 10.2 Å². The van der Waals surface area contributed by atoms with Gasteiger partial charge in [-0.25, -0.2) is 14.7 Å². The number of cyclic esters (lactones) is 1. The first-order chi connectivity index (χ1) is 11.5. The van der Waals surface area contributed by atoms with Crippen LogP contribution in [0.1, 0.15) is 22.3 Å². The molecule has 6 nitrogen and oxygen atoms in total. The van der Waals surface area contributed by atoms with Crippen LogP contribution in [0.2, 0.25) is 8.67 Å². The summed E-state index contributed by atoms with van der Waals surface area (Å²) in [4.78, 5) is 30.3. The van der Waals surface area contributed by atoms with Gasteiger partial charge in [0.1, 0.15) is 10.4 Å². The minimum Gasteiger partial charge on any atom is -0.442 e. The van der Waals surface area contributed by atoms with Crippen molar-refractivity contribution in [2.45, 2.75) is 19.4 Å². The fraction of sp³-hybridized carbons (Fsp3) is 0.357. The summed E-state index contributed by atoms with van der Waals surface area (Å²) in [7, 11) is 0. The smallest absolute Gasteiger partial charge is 0.416 e. The van der Waals surface area contributed by atoms with Crippen molar-refractivity contribution in [1.82, 2.24) is 10.3 Å². The van der Waals surface area contributed by atoms with Crippen molar-refractivity contribution < 1.29 is 14.3 Å². The number of nitrogens with one attached hydrogen (secondary N) is 1. The lowest BCUT2D eigenvalue weighted by Gasteiger charge is -2.09. The third kappa shape index (κ3) is 3.66. The number of rotatable bonds is 5. The summed E-state index contributed by atoms with van der Waals surface area (Å²) in [6.07, 6.45) is -0.229. The van der Waals surface area contributed by atoms with Crippen LogP contribution in [-0.2, 0) is 11.2 Å². The highest BCUT2D eigenvalue weighted by Crippen LogP contribution is 2.33. The van der Waals surface area contributed by atoms with Crippen LogP contribution in [0.15, 0.2) is 12.1 Å². The SMILES string of the molecule is CCc1nc(N2C[C@H](CNC(=O)c3ccc(Cl)s3)OC2=O)sc1Cl. The topological polar surface area (TPSA) is 71.5 Å². The second-order valence-electron chi connectivity index (χ2n) is 5.00. The zero-order valence-electron chi connectivity index (χ0n) is 12.5. The van der Waals surface area contributed by atoms with Crippen molar-refractivity contribution >= 4 is 63.0 Å². The highest BCUT2D eigenvalue weighted by atomic mass is 35.5. The molecule has 1 fully saturated rings. The summed E-state index contributed by atoms with van der Waals surface area (Å²) < 4.78 is 6.40. The Morgan fingerprint density at radius 1 is 1.46 bits per heavy atom. The third-order valence-electron chi connectivity index (χ3n) is 3.37. The number of aromatic nitrogens is 1. The number of carbonyl (C=O) groups is 2. The Labute approximate surface area is 156 Å². The minimum atomic E-state index is -0.485. The molecule has 0 unspecified atom stereocenters. The molecule has 0 saturated carbocycles. The number of anilines is 1. The highest BCUT2D eigenvalue weighted by molar-refractivity contribution is 7.19. The molecule has 1 N–H and O–H groups in total. The van der Waals surface area contributed by atoms with Crippen molar-refractivity contribution in [3.05, 3.63) is 31.4 Å². The molecule has 0 aromatic carbocycles. The Morgan fingerprint density at radius 2 is 2.25 bits per heavy atom. The first-order valence-corrected chi connectivity index (χ1v) is 9.53. The van der Waals surface area contributed by atoms with Crippen LogP contribution in [0.3, 0.4) is 0 Å².